The first kappa shape index (κ1) is 15.1. The first-order valence-corrected chi connectivity index (χ1v) is 7.57. The highest BCUT2D eigenvalue weighted by atomic mass is 79.9. The minimum Gasteiger partial charge on any atom is -0.496 e. The van der Waals surface area contributed by atoms with Crippen LogP contribution in [0.15, 0.2) is 46.9 Å². The van der Waals surface area contributed by atoms with Gasteiger partial charge in [0.25, 0.3) is 0 Å². The van der Waals surface area contributed by atoms with Gasteiger partial charge in [0.15, 0.2) is 0 Å². The molecule has 0 unspecified atom stereocenters. The molecule has 0 aliphatic rings. The summed E-state index contributed by atoms with van der Waals surface area (Å²) in [6.07, 6.45) is 0.969. The smallest absolute Gasteiger partial charge is 0.122 e. The van der Waals surface area contributed by atoms with Crippen LogP contribution in [0.25, 0.3) is 0 Å². The first-order chi connectivity index (χ1) is 9.70. The van der Waals surface area contributed by atoms with E-state index in [4.69, 9.17) is 4.74 Å². The Hall–Kier alpha value is -1.32. The lowest BCUT2D eigenvalue weighted by molar-refractivity contribution is 0.409. The van der Waals surface area contributed by atoms with Crippen molar-refractivity contribution in [2.24, 2.45) is 0 Å². The maximum atomic E-state index is 5.36. The van der Waals surface area contributed by atoms with Crippen LogP contribution < -0.4 is 10.1 Å². The average Bonchev–Trinajstić information content (AvgIpc) is 2.47. The summed E-state index contributed by atoms with van der Waals surface area (Å²) < 4.78 is 6.52. The van der Waals surface area contributed by atoms with Crippen molar-refractivity contribution in [2.45, 2.75) is 19.9 Å². The lowest BCUT2D eigenvalue weighted by Gasteiger charge is -2.09. The summed E-state index contributed by atoms with van der Waals surface area (Å²) in [5.74, 6) is 0.965. The summed E-state index contributed by atoms with van der Waals surface area (Å²) in [4.78, 5) is 0. The number of hydrogen-bond donors (Lipinski definition) is 1. The summed E-state index contributed by atoms with van der Waals surface area (Å²) in [5.41, 5.74) is 3.80. The minimum absolute atomic E-state index is 0.883. The van der Waals surface area contributed by atoms with Crippen molar-refractivity contribution in [3.8, 4) is 5.75 Å². The third-order valence-electron chi connectivity index (χ3n) is 3.33. The highest BCUT2D eigenvalue weighted by molar-refractivity contribution is 9.10. The lowest BCUT2D eigenvalue weighted by Crippen LogP contribution is -2.17. The molecule has 0 aliphatic carbocycles. The lowest BCUT2D eigenvalue weighted by atomic mass is 10.1. The largest absolute Gasteiger partial charge is 0.496 e. The average molecular weight is 334 g/mol. The Morgan fingerprint density at radius 2 is 1.95 bits per heavy atom. The second-order valence-electron chi connectivity index (χ2n) is 4.82. The van der Waals surface area contributed by atoms with E-state index >= 15 is 0 Å². The topological polar surface area (TPSA) is 21.3 Å². The minimum atomic E-state index is 0.883. The van der Waals surface area contributed by atoms with E-state index in [0.717, 1.165) is 25.3 Å². The molecule has 0 bridgehead atoms. The van der Waals surface area contributed by atoms with Crippen LogP contribution >= 0.6 is 15.9 Å². The molecule has 3 heteroatoms. The zero-order valence-corrected chi connectivity index (χ0v) is 13.5. The number of aryl methyl sites for hydroxylation is 1. The molecule has 1 N–H and O–H groups in total. The van der Waals surface area contributed by atoms with Gasteiger partial charge in [-0.1, -0.05) is 46.3 Å². The molecule has 0 radical (unpaired) electrons. The van der Waals surface area contributed by atoms with Crippen LogP contribution in [0.5, 0.6) is 5.75 Å². The van der Waals surface area contributed by atoms with E-state index in [9.17, 15) is 0 Å². The van der Waals surface area contributed by atoms with Gasteiger partial charge < -0.3 is 10.1 Å². The van der Waals surface area contributed by atoms with E-state index in [1.807, 2.05) is 12.1 Å². The molecule has 0 amide bonds. The Kier molecular flexibility index (Phi) is 5.62. The molecule has 0 saturated carbocycles. The number of rotatable bonds is 6. The molecular weight excluding hydrogens is 314 g/mol. The molecule has 0 spiro atoms. The van der Waals surface area contributed by atoms with Gasteiger partial charge in [-0.3, -0.25) is 0 Å². The second-order valence-corrected chi connectivity index (χ2v) is 5.68. The molecular formula is C17H20BrNO. The van der Waals surface area contributed by atoms with Gasteiger partial charge in [-0.15, -0.1) is 0 Å². The number of nitrogens with one attached hydrogen (secondary N) is 1. The fourth-order valence-corrected chi connectivity index (χ4v) is 2.54. The van der Waals surface area contributed by atoms with Crippen molar-refractivity contribution in [3.63, 3.8) is 0 Å². The molecule has 0 aliphatic heterocycles. The van der Waals surface area contributed by atoms with Crippen LogP contribution in [0.4, 0.5) is 0 Å². The Bertz CT molecular complexity index is 569. The summed E-state index contributed by atoms with van der Waals surface area (Å²) in [6, 6.07) is 14.6. The van der Waals surface area contributed by atoms with E-state index in [0.29, 0.717) is 0 Å². The molecule has 0 fully saturated rings. The van der Waals surface area contributed by atoms with Gasteiger partial charge in [-0.05, 0) is 48.7 Å². The van der Waals surface area contributed by atoms with Gasteiger partial charge in [-0.2, -0.15) is 0 Å². The number of benzene rings is 2. The monoisotopic (exact) mass is 333 g/mol. The molecule has 0 atom stereocenters. The SMILES string of the molecule is COc1ccccc1CCNCc1ccc(C)c(Br)c1. The Morgan fingerprint density at radius 3 is 2.70 bits per heavy atom. The van der Waals surface area contributed by atoms with E-state index in [1.54, 1.807) is 7.11 Å². The first-order valence-electron chi connectivity index (χ1n) is 6.78. The van der Waals surface area contributed by atoms with Gasteiger partial charge in [-0.25, -0.2) is 0 Å². The number of para-hydroxylation sites is 1. The molecule has 2 nitrogen and oxygen atoms in total. The van der Waals surface area contributed by atoms with Crippen molar-refractivity contribution in [2.75, 3.05) is 13.7 Å². The van der Waals surface area contributed by atoms with Crippen LogP contribution in [-0.4, -0.2) is 13.7 Å². The van der Waals surface area contributed by atoms with Crippen LogP contribution in [0, 0.1) is 6.92 Å². The Labute approximate surface area is 129 Å². The molecule has 0 heterocycles. The maximum Gasteiger partial charge on any atom is 0.122 e. The standard InChI is InChI=1S/C17H20BrNO/c1-13-7-8-14(11-16(13)18)12-19-10-9-15-5-3-4-6-17(15)20-2/h3-8,11,19H,9-10,12H2,1-2H3. The molecule has 2 rings (SSSR count). The molecule has 0 saturated heterocycles. The van der Waals surface area contributed by atoms with Crippen molar-refractivity contribution in [1.29, 1.82) is 0 Å². The number of hydrogen-bond acceptors (Lipinski definition) is 2. The van der Waals surface area contributed by atoms with Crippen LogP contribution in [0.3, 0.4) is 0 Å². The number of methoxy groups -OCH3 is 1. The van der Waals surface area contributed by atoms with Crippen molar-refractivity contribution in [1.82, 2.24) is 5.32 Å². The predicted octanol–water partition coefficient (Wildman–Crippen LogP) is 4.10. The zero-order valence-electron chi connectivity index (χ0n) is 11.9. The van der Waals surface area contributed by atoms with Crippen LogP contribution in [0.1, 0.15) is 16.7 Å². The van der Waals surface area contributed by atoms with Crippen molar-refractivity contribution in [3.05, 3.63) is 63.6 Å². The third-order valence-corrected chi connectivity index (χ3v) is 4.18. The molecule has 2 aromatic carbocycles. The quantitative estimate of drug-likeness (QED) is 0.803. The maximum absolute atomic E-state index is 5.36. The number of ether oxygens (including phenoxy) is 1. The third kappa shape index (κ3) is 4.09. The molecule has 2 aromatic rings. The fraction of sp³-hybridized carbons (Fsp3) is 0.294. The normalized spacial score (nSPS) is 10.6. The van der Waals surface area contributed by atoms with Crippen molar-refractivity contribution < 1.29 is 4.74 Å². The summed E-state index contributed by atoms with van der Waals surface area (Å²) in [7, 11) is 1.72. The van der Waals surface area contributed by atoms with Crippen molar-refractivity contribution >= 4 is 15.9 Å². The molecule has 0 aromatic heterocycles. The van der Waals surface area contributed by atoms with E-state index in [1.165, 1.54) is 21.2 Å². The molecule has 106 valence electrons. The molecule has 20 heavy (non-hydrogen) atoms. The second kappa shape index (κ2) is 7.46. The van der Waals surface area contributed by atoms with E-state index in [2.05, 4.69) is 58.5 Å². The number of halogens is 1. The fourth-order valence-electron chi connectivity index (χ4n) is 2.11. The van der Waals surface area contributed by atoms with Gasteiger partial charge in [0.05, 0.1) is 7.11 Å². The Balaban J connectivity index is 1.83. The summed E-state index contributed by atoms with van der Waals surface area (Å²) in [6.45, 7) is 3.92. The van der Waals surface area contributed by atoms with E-state index in [-0.39, 0.29) is 0 Å². The van der Waals surface area contributed by atoms with Crippen LogP contribution in [-0.2, 0) is 13.0 Å². The summed E-state index contributed by atoms with van der Waals surface area (Å²) in [5, 5.41) is 3.47. The highest BCUT2D eigenvalue weighted by Crippen LogP contribution is 2.18. The van der Waals surface area contributed by atoms with Gasteiger partial charge >= 0.3 is 0 Å². The van der Waals surface area contributed by atoms with Gasteiger partial charge in [0, 0.05) is 11.0 Å². The Morgan fingerprint density at radius 1 is 1.15 bits per heavy atom. The zero-order chi connectivity index (χ0) is 14.4. The highest BCUT2D eigenvalue weighted by Gasteiger charge is 2.01. The van der Waals surface area contributed by atoms with Gasteiger partial charge in [0.2, 0.25) is 0 Å². The van der Waals surface area contributed by atoms with Gasteiger partial charge in [0.1, 0.15) is 5.75 Å². The summed E-state index contributed by atoms with van der Waals surface area (Å²) >= 11 is 3.57. The van der Waals surface area contributed by atoms with E-state index < -0.39 is 0 Å². The predicted molar refractivity (Wildman–Crippen MR) is 87.3 cm³/mol. The van der Waals surface area contributed by atoms with Crippen LogP contribution in [0.2, 0.25) is 0 Å².